The summed E-state index contributed by atoms with van der Waals surface area (Å²) in [6, 6.07) is 10.1. The van der Waals surface area contributed by atoms with Crippen LogP contribution in [0, 0.1) is 10.1 Å². The highest BCUT2D eigenvalue weighted by molar-refractivity contribution is 6.35. The van der Waals surface area contributed by atoms with E-state index in [1.807, 2.05) is 13.8 Å². The van der Waals surface area contributed by atoms with Crippen LogP contribution in [0.4, 0.5) is 5.69 Å². The van der Waals surface area contributed by atoms with Crippen LogP contribution in [0.2, 0.25) is 10.0 Å². The first-order valence-electron chi connectivity index (χ1n) is 9.90. The molecule has 2 amide bonds. The molecule has 0 aromatic heterocycles. The molecule has 0 saturated carbocycles. The quantitative estimate of drug-likeness (QED) is 0.426. The number of amides is 2. The van der Waals surface area contributed by atoms with Crippen LogP contribution >= 0.6 is 23.2 Å². The average Bonchev–Trinajstić information content (AvgIpc) is 2.72. The van der Waals surface area contributed by atoms with E-state index in [1.54, 1.807) is 37.3 Å². The van der Waals surface area contributed by atoms with Crippen molar-refractivity contribution in [2.24, 2.45) is 0 Å². The number of benzene rings is 2. The van der Waals surface area contributed by atoms with Crippen molar-refractivity contribution in [2.75, 3.05) is 0 Å². The fourth-order valence-corrected chi connectivity index (χ4v) is 3.45. The van der Waals surface area contributed by atoms with Gasteiger partial charge in [0, 0.05) is 34.3 Å². The fourth-order valence-electron chi connectivity index (χ4n) is 2.98. The minimum absolute atomic E-state index is 0.0544. The minimum Gasteiger partial charge on any atom is -0.352 e. The van der Waals surface area contributed by atoms with Gasteiger partial charge in [0.2, 0.25) is 11.8 Å². The molecule has 2 aromatic rings. The molecule has 9 heteroatoms. The molecule has 0 unspecified atom stereocenters. The van der Waals surface area contributed by atoms with Crippen molar-refractivity contribution < 1.29 is 14.5 Å². The average molecular weight is 466 g/mol. The summed E-state index contributed by atoms with van der Waals surface area (Å²) in [5.41, 5.74) is 0.751. The molecule has 0 aliphatic heterocycles. The number of hydrogen-bond donors (Lipinski definition) is 1. The molecular weight excluding hydrogens is 441 g/mol. The molecule has 2 atom stereocenters. The maximum Gasteiger partial charge on any atom is 0.273 e. The van der Waals surface area contributed by atoms with Crippen LogP contribution < -0.4 is 5.32 Å². The van der Waals surface area contributed by atoms with Gasteiger partial charge in [-0.2, -0.15) is 0 Å². The molecule has 166 valence electrons. The van der Waals surface area contributed by atoms with E-state index >= 15 is 0 Å². The maximum atomic E-state index is 13.2. The Morgan fingerprint density at radius 3 is 2.42 bits per heavy atom. The van der Waals surface area contributed by atoms with Crippen LogP contribution in [0.25, 0.3) is 0 Å². The van der Waals surface area contributed by atoms with E-state index in [2.05, 4.69) is 5.32 Å². The Balaban J connectivity index is 2.35. The van der Waals surface area contributed by atoms with E-state index in [1.165, 1.54) is 17.0 Å². The summed E-state index contributed by atoms with van der Waals surface area (Å²) in [7, 11) is 0. The predicted molar refractivity (Wildman–Crippen MR) is 121 cm³/mol. The summed E-state index contributed by atoms with van der Waals surface area (Å²) in [4.78, 5) is 38.1. The van der Waals surface area contributed by atoms with Crippen molar-refractivity contribution in [1.82, 2.24) is 10.2 Å². The summed E-state index contributed by atoms with van der Waals surface area (Å²) in [5.74, 6) is -0.734. The van der Waals surface area contributed by atoms with Crippen LogP contribution in [0.15, 0.2) is 42.5 Å². The molecule has 2 rings (SSSR count). The molecule has 0 heterocycles. The first-order chi connectivity index (χ1) is 14.6. The van der Waals surface area contributed by atoms with E-state index in [-0.39, 0.29) is 36.2 Å². The Bertz CT molecular complexity index is 968. The third-order valence-electron chi connectivity index (χ3n) is 5.05. The molecule has 1 N–H and O–H groups in total. The van der Waals surface area contributed by atoms with Crippen molar-refractivity contribution in [2.45, 2.75) is 52.2 Å². The topological polar surface area (TPSA) is 92.6 Å². The van der Waals surface area contributed by atoms with E-state index in [0.717, 1.165) is 6.42 Å². The Hall–Kier alpha value is -2.64. The number of para-hydroxylation sites is 1. The largest absolute Gasteiger partial charge is 0.352 e. The lowest BCUT2D eigenvalue weighted by Gasteiger charge is -2.30. The van der Waals surface area contributed by atoms with Crippen molar-refractivity contribution in [1.29, 1.82) is 0 Å². The van der Waals surface area contributed by atoms with Gasteiger partial charge < -0.3 is 10.2 Å². The fraction of sp³-hybridized carbons (Fsp3) is 0.364. The molecule has 0 aliphatic rings. The van der Waals surface area contributed by atoms with Gasteiger partial charge in [-0.15, -0.1) is 0 Å². The number of carbonyl (C=O) groups is 2. The number of halogens is 2. The Kier molecular flexibility index (Phi) is 8.83. The first-order valence-corrected chi connectivity index (χ1v) is 10.7. The zero-order chi connectivity index (χ0) is 23.1. The van der Waals surface area contributed by atoms with Gasteiger partial charge in [-0.1, -0.05) is 54.4 Å². The third-order valence-corrected chi connectivity index (χ3v) is 5.64. The number of nitro groups is 1. The van der Waals surface area contributed by atoms with Crippen LogP contribution in [0.1, 0.15) is 38.3 Å². The molecular formula is C22H25Cl2N3O4. The molecule has 0 aliphatic carbocycles. The van der Waals surface area contributed by atoms with E-state index < -0.39 is 16.9 Å². The summed E-state index contributed by atoms with van der Waals surface area (Å²) >= 11 is 12.2. The monoisotopic (exact) mass is 465 g/mol. The minimum atomic E-state index is -0.809. The normalized spacial score (nSPS) is 12.7. The van der Waals surface area contributed by atoms with E-state index in [4.69, 9.17) is 23.2 Å². The Morgan fingerprint density at radius 1 is 1.13 bits per heavy atom. The summed E-state index contributed by atoms with van der Waals surface area (Å²) in [6.45, 7) is 5.50. The molecule has 0 radical (unpaired) electrons. The number of hydrogen-bond acceptors (Lipinski definition) is 4. The van der Waals surface area contributed by atoms with Crippen molar-refractivity contribution >= 4 is 40.7 Å². The van der Waals surface area contributed by atoms with Gasteiger partial charge in [0.25, 0.3) is 5.69 Å². The zero-order valence-corrected chi connectivity index (χ0v) is 19.1. The summed E-state index contributed by atoms with van der Waals surface area (Å²) in [6.07, 6.45) is 0.523. The van der Waals surface area contributed by atoms with Gasteiger partial charge in [-0.05, 0) is 38.0 Å². The van der Waals surface area contributed by atoms with E-state index in [0.29, 0.717) is 15.6 Å². The second-order valence-electron chi connectivity index (χ2n) is 7.31. The Morgan fingerprint density at radius 2 is 1.81 bits per heavy atom. The maximum absolute atomic E-state index is 13.2. The summed E-state index contributed by atoms with van der Waals surface area (Å²) in [5, 5.41) is 15.0. The van der Waals surface area contributed by atoms with Crippen molar-refractivity contribution in [3.8, 4) is 0 Å². The zero-order valence-electron chi connectivity index (χ0n) is 17.6. The lowest BCUT2D eigenvalue weighted by Crippen LogP contribution is -2.50. The van der Waals surface area contributed by atoms with Gasteiger partial charge in [0.05, 0.1) is 11.3 Å². The number of nitrogens with one attached hydrogen (secondary N) is 1. The van der Waals surface area contributed by atoms with Crippen molar-refractivity contribution in [3.05, 3.63) is 73.8 Å². The molecule has 2 aromatic carbocycles. The molecule has 0 bridgehead atoms. The third kappa shape index (κ3) is 6.67. The Labute approximate surface area is 191 Å². The lowest BCUT2D eigenvalue weighted by atomic mass is 10.1. The lowest BCUT2D eigenvalue weighted by molar-refractivity contribution is -0.385. The van der Waals surface area contributed by atoms with Gasteiger partial charge in [0.1, 0.15) is 6.04 Å². The van der Waals surface area contributed by atoms with Gasteiger partial charge in [-0.25, -0.2) is 0 Å². The number of nitrogens with zero attached hydrogens (tertiary/aromatic N) is 2. The van der Waals surface area contributed by atoms with Crippen LogP contribution in [-0.4, -0.2) is 33.7 Å². The molecule has 7 nitrogen and oxygen atoms in total. The van der Waals surface area contributed by atoms with E-state index in [9.17, 15) is 19.7 Å². The van der Waals surface area contributed by atoms with Gasteiger partial charge in [0.15, 0.2) is 0 Å². The SMILES string of the molecule is CC[C@@H](C)NC(=O)[C@@H](C)N(Cc1ccc(Cl)cc1Cl)C(=O)Cc1ccccc1[N+](=O)[O-]. The highest BCUT2D eigenvalue weighted by atomic mass is 35.5. The number of rotatable bonds is 9. The summed E-state index contributed by atoms with van der Waals surface area (Å²) < 4.78 is 0. The predicted octanol–water partition coefficient (Wildman–Crippen LogP) is 4.78. The van der Waals surface area contributed by atoms with Crippen LogP contribution in [-0.2, 0) is 22.6 Å². The van der Waals surface area contributed by atoms with Gasteiger partial charge in [-0.3, -0.25) is 19.7 Å². The van der Waals surface area contributed by atoms with Crippen LogP contribution in [0.3, 0.4) is 0 Å². The smallest absolute Gasteiger partial charge is 0.273 e. The molecule has 0 saturated heterocycles. The number of carbonyl (C=O) groups excluding carboxylic acids is 2. The number of nitro benzene ring substituents is 1. The van der Waals surface area contributed by atoms with Crippen LogP contribution in [0.5, 0.6) is 0 Å². The highest BCUT2D eigenvalue weighted by Crippen LogP contribution is 2.25. The molecule has 31 heavy (non-hydrogen) atoms. The molecule has 0 spiro atoms. The first kappa shape index (κ1) is 24.6. The van der Waals surface area contributed by atoms with Crippen molar-refractivity contribution in [3.63, 3.8) is 0 Å². The standard InChI is InChI=1S/C22H25Cl2N3O4/c1-4-14(2)25-22(29)15(3)26(13-17-9-10-18(23)12-19(17)24)21(28)11-16-7-5-6-8-20(16)27(30)31/h5-10,12,14-15H,4,11,13H2,1-3H3,(H,25,29)/t14-,15-/m1/s1. The molecule has 0 fully saturated rings. The highest BCUT2D eigenvalue weighted by Gasteiger charge is 2.29. The second-order valence-corrected chi connectivity index (χ2v) is 8.16. The second kappa shape index (κ2) is 11.1. The van der Waals surface area contributed by atoms with Gasteiger partial charge >= 0.3 is 0 Å².